The summed E-state index contributed by atoms with van der Waals surface area (Å²) >= 11 is 0. The van der Waals surface area contributed by atoms with Crippen molar-refractivity contribution in [3.63, 3.8) is 0 Å². The fourth-order valence-corrected chi connectivity index (χ4v) is 3.24. The van der Waals surface area contributed by atoms with E-state index in [0.29, 0.717) is 6.42 Å². The van der Waals surface area contributed by atoms with Crippen molar-refractivity contribution in [1.82, 2.24) is 4.90 Å². The Hall–Kier alpha value is -1.06. The smallest absolute Gasteiger partial charge is 0.421 e. The highest BCUT2D eigenvalue weighted by molar-refractivity contribution is 8.13. The van der Waals surface area contributed by atoms with E-state index >= 15 is 0 Å². The highest BCUT2D eigenvalue weighted by Gasteiger charge is 2.47. The van der Waals surface area contributed by atoms with E-state index in [9.17, 15) is 69.5 Å². The predicted molar refractivity (Wildman–Crippen MR) is 87.6 cm³/mol. The molecule has 0 heterocycles. The molecular formula is C12H17F12N2O5S2-. The van der Waals surface area contributed by atoms with Gasteiger partial charge in [0.05, 0.1) is 13.2 Å². The Bertz CT molecular complexity index is 746. The summed E-state index contributed by atoms with van der Waals surface area (Å²) < 4.78 is 185. The fraction of sp³-hybridized carbons (Fsp3) is 1.00. The van der Waals surface area contributed by atoms with Crippen LogP contribution in [-0.2, 0) is 24.8 Å². The van der Waals surface area contributed by atoms with Crippen LogP contribution in [0.5, 0.6) is 0 Å². The van der Waals surface area contributed by atoms with Crippen molar-refractivity contribution in [3.8, 4) is 0 Å². The number of ether oxygens (including phenoxy) is 1. The van der Waals surface area contributed by atoms with Crippen LogP contribution in [0.1, 0.15) is 20.3 Å². The van der Waals surface area contributed by atoms with Gasteiger partial charge < -0.3 is 8.86 Å². The Balaban J connectivity index is 0. The van der Waals surface area contributed by atoms with E-state index in [1.54, 1.807) is 13.8 Å². The molecule has 0 amide bonds. The molecule has 0 aliphatic heterocycles. The Kier molecular flexibility index (Phi) is 12.5. The van der Waals surface area contributed by atoms with Crippen molar-refractivity contribution >= 4 is 20.0 Å². The molecule has 0 rings (SSSR count). The van der Waals surface area contributed by atoms with Crippen molar-refractivity contribution in [1.29, 1.82) is 0 Å². The lowest BCUT2D eigenvalue weighted by atomic mass is 10.2. The molecule has 0 radical (unpaired) electrons. The van der Waals surface area contributed by atoms with E-state index in [0.717, 1.165) is 9.03 Å². The highest BCUT2D eigenvalue weighted by atomic mass is 32.3. The van der Waals surface area contributed by atoms with Gasteiger partial charge in [-0.3, -0.25) is 4.90 Å². The maximum absolute atomic E-state index is 12.2. The summed E-state index contributed by atoms with van der Waals surface area (Å²) in [6, 6.07) is -0.360. The molecule has 0 aromatic heterocycles. The monoisotopic (exact) mass is 561 g/mol. The quantitative estimate of drug-likeness (QED) is 0.308. The van der Waals surface area contributed by atoms with Crippen LogP contribution in [-0.4, -0.2) is 77.4 Å². The molecule has 1 unspecified atom stereocenters. The summed E-state index contributed by atoms with van der Waals surface area (Å²) in [5.74, 6) is 0. The third kappa shape index (κ3) is 14.7. The van der Waals surface area contributed by atoms with E-state index < -0.39 is 56.6 Å². The lowest BCUT2D eigenvalue weighted by molar-refractivity contribution is -0.178. The second-order valence-corrected chi connectivity index (χ2v) is 9.35. The molecule has 0 saturated heterocycles. The zero-order chi connectivity index (χ0) is 27.1. The third-order valence-corrected chi connectivity index (χ3v) is 5.91. The second-order valence-electron chi connectivity index (χ2n) is 5.93. The van der Waals surface area contributed by atoms with Crippen molar-refractivity contribution < 1.29 is 74.3 Å². The van der Waals surface area contributed by atoms with Gasteiger partial charge in [-0.1, -0.05) is 6.92 Å². The van der Waals surface area contributed by atoms with Crippen LogP contribution >= 0.6 is 0 Å². The minimum absolute atomic E-state index is 0.176. The number of rotatable bonds is 9. The average Bonchev–Trinajstić information content (AvgIpc) is 2.52. The van der Waals surface area contributed by atoms with Gasteiger partial charge in [-0.25, -0.2) is 16.8 Å². The maximum atomic E-state index is 12.2. The van der Waals surface area contributed by atoms with Crippen LogP contribution < -0.4 is 0 Å². The number of alkyl halides is 12. The Morgan fingerprint density at radius 1 is 0.788 bits per heavy atom. The number of sulfonamides is 2. The Morgan fingerprint density at radius 3 is 1.45 bits per heavy atom. The number of hydrogen-bond donors (Lipinski definition) is 0. The predicted octanol–water partition coefficient (Wildman–Crippen LogP) is 4.29. The topological polar surface area (TPSA) is 94.8 Å². The van der Waals surface area contributed by atoms with Crippen molar-refractivity contribution in [2.75, 3.05) is 26.3 Å². The normalized spacial score (nSPS) is 15.2. The molecule has 21 heteroatoms. The zero-order valence-corrected chi connectivity index (χ0v) is 18.0. The highest BCUT2D eigenvalue weighted by Crippen LogP contribution is 2.36. The van der Waals surface area contributed by atoms with Crippen molar-refractivity contribution in [2.24, 2.45) is 0 Å². The Labute approximate surface area is 180 Å². The lowest BCUT2D eigenvalue weighted by Gasteiger charge is -2.29. The van der Waals surface area contributed by atoms with Gasteiger partial charge in [0.1, 0.15) is 6.61 Å². The summed E-state index contributed by atoms with van der Waals surface area (Å²) in [7, 11) is -13.4. The first-order valence-electron chi connectivity index (χ1n) is 8.08. The van der Waals surface area contributed by atoms with Crippen LogP contribution in [0.15, 0.2) is 0 Å². The van der Waals surface area contributed by atoms with Gasteiger partial charge in [-0.05, 0) is 13.3 Å². The van der Waals surface area contributed by atoms with Gasteiger partial charge in [0, 0.05) is 12.6 Å². The van der Waals surface area contributed by atoms with Gasteiger partial charge in [-0.2, -0.15) is 52.7 Å². The Morgan fingerprint density at radius 2 is 1.18 bits per heavy atom. The van der Waals surface area contributed by atoms with Crippen LogP contribution in [0.4, 0.5) is 52.7 Å². The van der Waals surface area contributed by atoms with Crippen LogP contribution in [0, 0.1) is 0 Å². The van der Waals surface area contributed by atoms with Gasteiger partial charge >= 0.3 is 23.4 Å². The van der Waals surface area contributed by atoms with Gasteiger partial charge in [0.25, 0.3) is 0 Å². The molecule has 0 fully saturated rings. The minimum atomic E-state index is -6.72. The molecule has 7 nitrogen and oxygen atoms in total. The molecule has 0 spiro atoms. The first-order valence-corrected chi connectivity index (χ1v) is 11.0. The molecule has 0 N–H and O–H groups in total. The van der Waals surface area contributed by atoms with Crippen LogP contribution in [0.3, 0.4) is 0 Å². The van der Waals surface area contributed by atoms with E-state index in [1.807, 2.05) is 0 Å². The molecule has 202 valence electrons. The summed E-state index contributed by atoms with van der Waals surface area (Å²) in [6.45, 7) is 0.176. The molecule has 0 bridgehead atoms. The number of nitrogens with zero attached hydrogens (tertiary/aromatic N) is 2. The molecule has 33 heavy (non-hydrogen) atoms. The molecule has 1 atom stereocenters. The van der Waals surface area contributed by atoms with E-state index in [2.05, 4.69) is 4.74 Å². The summed E-state index contributed by atoms with van der Waals surface area (Å²) in [5.41, 5.74) is -12.4. The molecule has 0 aliphatic carbocycles. The number of halogens is 12. The van der Waals surface area contributed by atoms with E-state index in [4.69, 9.17) is 0 Å². The first-order chi connectivity index (χ1) is 14.3. The summed E-state index contributed by atoms with van der Waals surface area (Å²) in [6.07, 6.45) is -8.34. The second kappa shape index (κ2) is 12.1. The molecule has 0 saturated carbocycles. The van der Waals surface area contributed by atoms with Crippen molar-refractivity contribution in [2.45, 2.75) is 49.7 Å². The lowest BCUT2D eigenvalue weighted by Crippen LogP contribution is -2.42. The minimum Gasteiger partial charge on any atom is -0.421 e. The van der Waals surface area contributed by atoms with Crippen LogP contribution in [0.2, 0.25) is 0 Å². The van der Waals surface area contributed by atoms with Crippen LogP contribution in [0.25, 0.3) is 4.13 Å². The largest absolute Gasteiger partial charge is 0.480 e. The number of hydrogen-bond acceptors (Lipinski definition) is 6. The third-order valence-electron chi connectivity index (χ3n) is 3.17. The van der Waals surface area contributed by atoms with Gasteiger partial charge in [-0.15, -0.1) is 0 Å². The first kappa shape index (κ1) is 34.1. The standard InChI is InChI=1S/C10H17F6NO.C2F6NO4S2/c1-3-8(2)17(6-9(11,12)13)4-5-18-7-10(14,15)16;3-1(4,5)14(10,11)9-15(12,13)2(6,7)8/h8H,3-7H2,1-2H3;/q;-1. The van der Waals surface area contributed by atoms with Gasteiger partial charge in [0.2, 0.25) is 0 Å². The fourth-order valence-electron chi connectivity index (χ4n) is 1.53. The molecule has 0 aliphatic rings. The zero-order valence-electron chi connectivity index (χ0n) is 16.4. The molecular weight excluding hydrogens is 544 g/mol. The van der Waals surface area contributed by atoms with Gasteiger partial charge in [0.15, 0.2) is 20.0 Å². The SMILES string of the molecule is CCC(C)N(CCOCC(F)(F)F)CC(F)(F)F.O=S(=O)([N-]S(=O)(=O)C(F)(F)F)C(F)(F)F. The molecule has 0 aromatic carbocycles. The van der Waals surface area contributed by atoms with E-state index in [1.165, 1.54) is 0 Å². The molecule has 0 aromatic rings. The van der Waals surface area contributed by atoms with E-state index in [-0.39, 0.29) is 19.2 Å². The summed E-state index contributed by atoms with van der Waals surface area (Å²) in [4.78, 5) is 1.07. The van der Waals surface area contributed by atoms with Crippen molar-refractivity contribution in [3.05, 3.63) is 4.13 Å². The summed E-state index contributed by atoms with van der Waals surface area (Å²) in [5, 5.41) is 0. The average molecular weight is 561 g/mol. The maximum Gasteiger partial charge on any atom is 0.480 e.